The predicted molar refractivity (Wildman–Crippen MR) is 89.5 cm³/mol. The van der Waals surface area contributed by atoms with Gasteiger partial charge in [0.25, 0.3) is 0 Å². The highest BCUT2D eigenvalue weighted by Crippen LogP contribution is 2.35. The maximum atomic E-state index is 6.39. The van der Waals surface area contributed by atoms with Crippen LogP contribution in [-0.4, -0.2) is 21.6 Å². The van der Waals surface area contributed by atoms with Crippen LogP contribution < -0.4 is 5.73 Å². The minimum Gasteiger partial charge on any atom is -0.384 e. The minimum absolute atomic E-state index is 0.656. The Bertz CT molecular complexity index is 408. The van der Waals surface area contributed by atoms with Crippen molar-refractivity contribution in [2.75, 3.05) is 17.7 Å². The van der Waals surface area contributed by atoms with Gasteiger partial charge in [-0.3, -0.25) is 0 Å². The van der Waals surface area contributed by atoms with Crippen LogP contribution in [0.2, 0.25) is 0 Å². The second-order valence-electron chi connectivity index (χ2n) is 5.88. The van der Waals surface area contributed by atoms with E-state index in [0.717, 1.165) is 24.5 Å². The monoisotopic (exact) mass is 295 g/mol. The Morgan fingerprint density at radius 2 is 2.05 bits per heavy atom. The van der Waals surface area contributed by atoms with Crippen molar-refractivity contribution in [3.05, 3.63) is 11.5 Å². The second kappa shape index (κ2) is 7.96. The molecule has 1 saturated carbocycles. The van der Waals surface area contributed by atoms with Crippen LogP contribution in [-0.2, 0) is 13.0 Å². The van der Waals surface area contributed by atoms with E-state index in [1.807, 2.05) is 11.8 Å². The van der Waals surface area contributed by atoms with Gasteiger partial charge in [0, 0.05) is 12.5 Å². The zero-order valence-corrected chi connectivity index (χ0v) is 13.8. The number of rotatable bonds is 8. The van der Waals surface area contributed by atoms with E-state index in [1.54, 1.807) is 0 Å². The van der Waals surface area contributed by atoms with Crippen LogP contribution in [0, 0.1) is 0 Å². The van der Waals surface area contributed by atoms with Gasteiger partial charge in [-0.25, -0.2) is 4.98 Å². The lowest BCUT2D eigenvalue weighted by molar-refractivity contribution is 0.561. The van der Waals surface area contributed by atoms with Crippen molar-refractivity contribution in [3.8, 4) is 0 Å². The number of anilines is 1. The molecule has 1 fully saturated rings. The van der Waals surface area contributed by atoms with Gasteiger partial charge in [-0.15, -0.1) is 0 Å². The summed E-state index contributed by atoms with van der Waals surface area (Å²) in [5, 5.41) is 0. The van der Waals surface area contributed by atoms with E-state index in [9.17, 15) is 0 Å². The smallest absolute Gasteiger partial charge is 0.126 e. The van der Waals surface area contributed by atoms with Gasteiger partial charge in [0.15, 0.2) is 0 Å². The number of aryl methyl sites for hydroxylation is 1. The molecule has 4 heteroatoms. The molecular weight excluding hydrogens is 266 g/mol. The van der Waals surface area contributed by atoms with Gasteiger partial charge in [-0.1, -0.05) is 26.2 Å². The first-order chi connectivity index (χ1) is 9.77. The molecule has 3 nitrogen and oxygen atoms in total. The number of unbranched alkanes of at least 4 members (excludes halogenated alkanes) is 1. The molecule has 0 atom stereocenters. The quantitative estimate of drug-likeness (QED) is 0.730. The van der Waals surface area contributed by atoms with Crippen LogP contribution in [0.4, 0.5) is 5.82 Å². The standard InChI is InChI=1S/C16H29N3S/c1-3-4-11-19-15(17)14(10-7-12-20-2)18-16(19)13-8-5-6-9-13/h13H,3-12,17H2,1-2H3. The zero-order valence-electron chi connectivity index (χ0n) is 13.0. The number of imidazole rings is 1. The van der Waals surface area contributed by atoms with Gasteiger partial charge >= 0.3 is 0 Å². The molecule has 1 heterocycles. The third kappa shape index (κ3) is 3.72. The molecule has 0 aliphatic heterocycles. The summed E-state index contributed by atoms with van der Waals surface area (Å²) in [6, 6.07) is 0. The van der Waals surface area contributed by atoms with Crippen molar-refractivity contribution in [2.45, 2.75) is 70.8 Å². The predicted octanol–water partition coefficient (Wildman–Crippen LogP) is 4.22. The van der Waals surface area contributed by atoms with Crippen LogP contribution in [0.25, 0.3) is 0 Å². The summed E-state index contributed by atoms with van der Waals surface area (Å²) < 4.78 is 2.33. The van der Waals surface area contributed by atoms with E-state index in [1.165, 1.54) is 56.5 Å². The van der Waals surface area contributed by atoms with Gasteiger partial charge < -0.3 is 10.3 Å². The molecule has 0 aromatic carbocycles. The van der Waals surface area contributed by atoms with E-state index in [4.69, 9.17) is 10.7 Å². The summed E-state index contributed by atoms with van der Waals surface area (Å²) in [7, 11) is 0. The molecule has 20 heavy (non-hydrogen) atoms. The summed E-state index contributed by atoms with van der Waals surface area (Å²) in [6.07, 6.45) is 12.1. The van der Waals surface area contributed by atoms with Gasteiger partial charge in [0.2, 0.25) is 0 Å². The number of hydrogen-bond donors (Lipinski definition) is 1. The molecule has 1 aliphatic rings. The molecule has 2 N–H and O–H groups in total. The number of nitrogens with two attached hydrogens (primary N) is 1. The molecule has 1 aliphatic carbocycles. The first kappa shape index (κ1) is 15.7. The van der Waals surface area contributed by atoms with Crippen LogP contribution in [0.1, 0.15) is 69.3 Å². The number of thioether (sulfide) groups is 1. The Hall–Kier alpha value is -0.640. The largest absolute Gasteiger partial charge is 0.384 e. The lowest BCUT2D eigenvalue weighted by Crippen LogP contribution is -2.10. The third-order valence-corrected chi connectivity index (χ3v) is 5.03. The Morgan fingerprint density at radius 3 is 2.70 bits per heavy atom. The van der Waals surface area contributed by atoms with Crippen LogP contribution in [0.15, 0.2) is 0 Å². The Kier molecular flexibility index (Phi) is 6.27. The molecule has 0 radical (unpaired) electrons. The Morgan fingerprint density at radius 1 is 1.30 bits per heavy atom. The van der Waals surface area contributed by atoms with Crippen LogP contribution >= 0.6 is 11.8 Å². The van der Waals surface area contributed by atoms with Crippen molar-refractivity contribution in [3.63, 3.8) is 0 Å². The fourth-order valence-electron chi connectivity index (χ4n) is 3.15. The minimum atomic E-state index is 0.656. The molecule has 2 rings (SSSR count). The fraction of sp³-hybridized carbons (Fsp3) is 0.812. The van der Waals surface area contributed by atoms with Gasteiger partial charge in [-0.2, -0.15) is 11.8 Å². The highest BCUT2D eigenvalue weighted by Gasteiger charge is 2.24. The first-order valence-electron chi connectivity index (χ1n) is 8.11. The van der Waals surface area contributed by atoms with E-state index >= 15 is 0 Å². The lowest BCUT2D eigenvalue weighted by Gasteiger charge is -2.13. The highest BCUT2D eigenvalue weighted by atomic mass is 32.2. The topological polar surface area (TPSA) is 43.8 Å². The number of nitrogen functional groups attached to an aromatic ring is 1. The van der Waals surface area contributed by atoms with E-state index < -0.39 is 0 Å². The van der Waals surface area contributed by atoms with Gasteiger partial charge in [0.05, 0.1) is 5.69 Å². The molecule has 1 aromatic heterocycles. The molecule has 0 unspecified atom stereocenters. The SMILES string of the molecule is CCCCn1c(C2CCCC2)nc(CCCSC)c1N. The van der Waals surface area contributed by atoms with Crippen molar-refractivity contribution in [2.24, 2.45) is 0 Å². The fourth-order valence-corrected chi connectivity index (χ4v) is 3.58. The van der Waals surface area contributed by atoms with Crippen molar-refractivity contribution in [1.29, 1.82) is 0 Å². The summed E-state index contributed by atoms with van der Waals surface area (Å²) in [5.74, 6) is 4.08. The van der Waals surface area contributed by atoms with Crippen molar-refractivity contribution in [1.82, 2.24) is 9.55 Å². The molecule has 0 spiro atoms. The van der Waals surface area contributed by atoms with E-state index in [2.05, 4.69) is 17.7 Å². The summed E-state index contributed by atoms with van der Waals surface area (Å²) >= 11 is 1.90. The summed E-state index contributed by atoms with van der Waals surface area (Å²) in [4.78, 5) is 4.95. The molecule has 114 valence electrons. The number of nitrogens with zero attached hydrogens (tertiary/aromatic N) is 2. The summed E-state index contributed by atoms with van der Waals surface area (Å²) in [5.41, 5.74) is 7.54. The van der Waals surface area contributed by atoms with Crippen LogP contribution in [0.5, 0.6) is 0 Å². The lowest BCUT2D eigenvalue weighted by atomic mass is 10.1. The third-order valence-electron chi connectivity index (χ3n) is 4.33. The Balaban J connectivity index is 2.16. The summed E-state index contributed by atoms with van der Waals surface area (Å²) in [6.45, 7) is 3.28. The molecule has 1 aromatic rings. The van der Waals surface area contributed by atoms with E-state index in [-0.39, 0.29) is 0 Å². The van der Waals surface area contributed by atoms with E-state index in [0.29, 0.717) is 5.92 Å². The highest BCUT2D eigenvalue weighted by molar-refractivity contribution is 7.98. The Labute approximate surface area is 127 Å². The molecule has 0 amide bonds. The molecule has 0 bridgehead atoms. The maximum Gasteiger partial charge on any atom is 0.126 e. The average molecular weight is 295 g/mol. The van der Waals surface area contributed by atoms with Crippen molar-refractivity contribution >= 4 is 17.6 Å². The van der Waals surface area contributed by atoms with Gasteiger partial charge in [-0.05, 0) is 44.1 Å². The molecule has 0 saturated heterocycles. The number of hydrogen-bond acceptors (Lipinski definition) is 3. The zero-order chi connectivity index (χ0) is 14.4. The second-order valence-corrected chi connectivity index (χ2v) is 6.87. The molecular formula is C16H29N3S. The maximum absolute atomic E-state index is 6.39. The average Bonchev–Trinajstić information content (AvgIpc) is 3.06. The first-order valence-corrected chi connectivity index (χ1v) is 9.51. The number of aromatic nitrogens is 2. The van der Waals surface area contributed by atoms with Crippen LogP contribution in [0.3, 0.4) is 0 Å². The van der Waals surface area contributed by atoms with Gasteiger partial charge in [0.1, 0.15) is 11.6 Å². The van der Waals surface area contributed by atoms with Crippen molar-refractivity contribution < 1.29 is 0 Å². The normalized spacial score (nSPS) is 16.1.